The molecule has 3 aliphatic rings. The highest BCUT2D eigenvalue weighted by Crippen LogP contribution is 2.61. The highest BCUT2D eigenvalue weighted by atomic mass is 15.4. The number of hydrogen-bond donors (Lipinski definition) is 0. The highest BCUT2D eigenvalue weighted by molar-refractivity contribution is 5.21. The molecule has 3 fully saturated rings. The first-order chi connectivity index (χ1) is 5.66. The summed E-state index contributed by atoms with van der Waals surface area (Å²) in [5, 5.41) is 0. The molecule has 2 heterocycles. The largest absolute Gasteiger partial charge is 0.291 e. The quantitative estimate of drug-likeness (QED) is 0.498. The Morgan fingerprint density at radius 1 is 1.25 bits per heavy atom. The van der Waals surface area contributed by atoms with E-state index >= 15 is 0 Å². The molecule has 0 aromatic rings. The summed E-state index contributed by atoms with van der Waals surface area (Å²) in [6, 6.07) is 0.892. The predicted molar refractivity (Wildman–Crippen MR) is 50.1 cm³/mol. The molecule has 0 radical (unpaired) electrons. The normalized spacial score (nSPS) is 54.5. The second-order valence-corrected chi connectivity index (χ2v) is 5.54. The van der Waals surface area contributed by atoms with Crippen molar-refractivity contribution < 1.29 is 0 Å². The van der Waals surface area contributed by atoms with Gasteiger partial charge in [-0.1, -0.05) is 12.8 Å². The highest BCUT2D eigenvalue weighted by Gasteiger charge is 2.66. The number of piperidine rings is 1. The van der Waals surface area contributed by atoms with Crippen LogP contribution in [0.4, 0.5) is 0 Å². The minimum atomic E-state index is 0.629. The van der Waals surface area contributed by atoms with E-state index in [1.165, 1.54) is 38.6 Å². The second-order valence-electron chi connectivity index (χ2n) is 5.54. The van der Waals surface area contributed by atoms with Crippen LogP contribution < -0.4 is 0 Å². The van der Waals surface area contributed by atoms with Crippen molar-refractivity contribution in [3.63, 3.8) is 0 Å². The van der Waals surface area contributed by atoms with E-state index < -0.39 is 0 Å². The van der Waals surface area contributed by atoms with Gasteiger partial charge in [0.15, 0.2) is 0 Å². The zero-order valence-electron chi connectivity index (χ0n) is 8.27. The van der Waals surface area contributed by atoms with Gasteiger partial charge in [0, 0.05) is 18.1 Å². The van der Waals surface area contributed by atoms with Crippen molar-refractivity contribution in [3.05, 3.63) is 0 Å². The summed E-state index contributed by atoms with van der Waals surface area (Å²) < 4.78 is 0. The zero-order valence-corrected chi connectivity index (χ0v) is 8.27. The summed E-state index contributed by atoms with van der Waals surface area (Å²) in [4.78, 5) is 2.72. The molecule has 12 heavy (non-hydrogen) atoms. The maximum atomic E-state index is 2.72. The minimum Gasteiger partial charge on any atom is -0.291 e. The van der Waals surface area contributed by atoms with E-state index in [1.807, 2.05) is 0 Å². The van der Waals surface area contributed by atoms with E-state index in [9.17, 15) is 0 Å². The van der Waals surface area contributed by atoms with Gasteiger partial charge in [-0.2, -0.15) is 0 Å². The summed E-state index contributed by atoms with van der Waals surface area (Å²) in [6.07, 6.45) is 7.54. The molecule has 0 amide bonds. The van der Waals surface area contributed by atoms with Crippen LogP contribution in [0.15, 0.2) is 0 Å². The Morgan fingerprint density at radius 3 is 2.42 bits per heavy atom. The SMILES string of the molecule is CC1N2CC3(CCCC3)CC12C. The van der Waals surface area contributed by atoms with Gasteiger partial charge in [0.1, 0.15) is 0 Å². The third-order valence-corrected chi connectivity index (χ3v) is 4.86. The van der Waals surface area contributed by atoms with Gasteiger partial charge >= 0.3 is 0 Å². The molecule has 0 N–H and O–H groups in total. The van der Waals surface area contributed by atoms with Crippen LogP contribution in [0.1, 0.15) is 46.0 Å². The molecule has 3 rings (SSSR count). The summed E-state index contributed by atoms with van der Waals surface area (Å²) in [6.45, 7) is 6.28. The van der Waals surface area contributed by atoms with Crippen LogP contribution in [0.2, 0.25) is 0 Å². The van der Waals surface area contributed by atoms with Crippen molar-refractivity contribution in [1.82, 2.24) is 4.90 Å². The molecule has 1 heteroatoms. The summed E-state index contributed by atoms with van der Waals surface area (Å²) >= 11 is 0. The molecule has 1 saturated carbocycles. The van der Waals surface area contributed by atoms with Gasteiger partial charge in [-0.3, -0.25) is 4.90 Å². The van der Waals surface area contributed by atoms with Crippen LogP contribution in [-0.4, -0.2) is 23.0 Å². The lowest BCUT2D eigenvalue weighted by atomic mass is 9.79. The van der Waals surface area contributed by atoms with Gasteiger partial charge in [-0.05, 0) is 38.5 Å². The van der Waals surface area contributed by atoms with E-state index in [0.717, 1.165) is 11.5 Å². The first-order valence-electron chi connectivity index (χ1n) is 5.43. The zero-order chi connectivity index (χ0) is 8.40. The van der Waals surface area contributed by atoms with Gasteiger partial charge in [0.25, 0.3) is 0 Å². The third kappa shape index (κ3) is 0.693. The molecule has 2 aliphatic heterocycles. The number of rotatable bonds is 0. The van der Waals surface area contributed by atoms with Crippen molar-refractivity contribution in [3.8, 4) is 0 Å². The molecule has 1 spiro atoms. The molecule has 3 atom stereocenters. The fourth-order valence-electron chi connectivity index (χ4n) is 3.90. The molecule has 1 nitrogen and oxygen atoms in total. The minimum absolute atomic E-state index is 0.629. The Hall–Kier alpha value is -0.0400. The lowest BCUT2D eigenvalue weighted by molar-refractivity contribution is 0.271. The molecule has 3 unspecified atom stereocenters. The summed E-state index contributed by atoms with van der Waals surface area (Å²) in [7, 11) is 0. The van der Waals surface area contributed by atoms with Crippen LogP contribution >= 0.6 is 0 Å². The molecule has 68 valence electrons. The standard InChI is InChI=1S/C11H19N/c1-9-10(2)7-11(8-12(9)10)5-3-4-6-11/h9H,3-8H2,1-2H3. The van der Waals surface area contributed by atoms with E-state index in [4.69, 9.17) is 0 Å². The molecule has 0 bridgehead atoms. The van der Waals surface area contributed by atoms with Crippen LogP contribution in [0.25, 0.3) is 0 Å². The van der Waals surface area contributed by atoms with Crippen LogP contribution in [0.5, 0.6) is 0 Å². The predicted octanol–water partition coefficient (Wildman–Crippen LogP) is 2.41. The lowest BCUT2D eigenvalue weighted by Gasteiger charge is -2.25. The van der Waals surface area contributed by atoms with Crippen molar-refractivity contribution in [2.75, 3.05) is 6.54 Å². The fraction of sp³-hybridized carbons (Fsp3) is 1.00. The smallest absolute Gasteiger partial charge is 0.0343 e. The molecule has 1 aliphatic carbocycles. The maximum absolute atomic E-state index is 2.72. The van der Waals surface area contributed by atoms with E-state index in [-0.39, 0.29) is 0 Å². The Labute approximate surface area is 75.1 Å². The van der Waals surface area contributed by atoms with Gasteiger partial charge < -0.3 is 0 Å². The monoisotopic (exact) mass is 165 g/mol. The molecule has 2 saturated heterocycles. The van der Waals surface area contributed by atoms with Crippen LogP contribution in [0.3, 0.4) is 0 Å². The van der Waals surface area contributed by atoms with Gasteiger partial charge in [-0.25, -0.2) is 0 Å². The molecule has 0 aromatic heterocycles. The van der Waals surface area contributed by atoms with Crippen molar-refractivity contribution in [2.45, 2.75) is 57.5 Å². The van der Waals surface area contributed by atoms with E-state index in [1.54, 1.807) is 0 Å². The van der Waals surface area contributed by atoms with E-state index in [2.05, 4.69) is 18.7 Å². The van der Waals surface area contributed by atoms with Crippen molar-refractivity contribution >= 4 is 0 Å². The van der Waals surface area contributed by atoms with Crippen LogP contribution in [-0.2, 0) is 0 Å². The van der Waals surface area contributed by atoms with Gasteiger partial charge in [0.05, 0.1) is 0 Å². The Morgan fingerprint density at radius 2 is 1.92 bits per heavy atom. The summed E-state index contributed by atoms with van der Waals surface area (Å²) in [5.41, 5.74) is 1.41. The number of hydrogen-bond acceptors (Lipinski definition) is 1. The Balaban J connectivity index is 1.82. The lowest BCUT2D eigenvalue weighted by Crippen LogP contribution is -2.24. The van der Waals surface area contributed by atoms with Crippen molar-refractivity contribution in [2.24, 2.45) is 5.41 Å². The van der Waals surface area contributed by atoms with Gasteiger partial charge in [-0.15, -0.1) is 0 Å². The van der Waals surface area contributed by atoms with Crippen LogP contribution in [0, 0.1) is 5.41 Å². The maximum Gasteiger partial charge on any atom is 0.0343 e. The Bertz CT molecular complexity index is 217. The fourth-order valence-corrected chi connectivity index (χ4v) is 3.90. The summed E-state index contributed by atoms with van der Waals surface area (Å²) in [5.74, 6) is 0. The molecular weight excluding hydrogens is 146 g/mol. The average molecular weight is 165 g/mol. The first kappa shape index (κ1) is 7.37. The van der Waals surface area contributed by atoms with E-state index in [0.29, 0.717) is 5.54 Å². The van der Waals surface area contributed by atoms with Gasteiger partial charge in [0.2, 0.25) is 0 Å². The molecule has 0 aromatic carbocycles. The second kappa shape index (κ2) is 1.89. The topological polar surface area (TPSA) is 3.01 Å². The average Bonchev–Trinajstić information content (AvgIpc) is 2.45. The number of nitrogens with zero attached hydrogens (tertiary/aromatic N) is 1. The number of fused-ring (bicyclic) bond motifs is 1. The molecular formula is C11H19N. The first-order valence-corrected chi connectivity index (χ1v) is 5.43. The van der Waals surface area contributed by atoms with Crippen molar-refractivity contribution in [1.29, 1.82) is 0 Å². The Kier molecular flexibility index (Phi) is 1.16. The third-order valence-electron chi connectivity index (χ3n) is 4.86.